The Morgan fingerprint density at radius 3 is 2.00 bits per heavy atom. The fraction of sp³-hybridized carbons (Fsp3) is 0.923. The van der Waals surface area contributed by atoms with Gasteiger partial charge in [0.15, 0.2) is 0 Å². The summed E-state index contributed by atoms with van der Waals surface area (Å²) in [5, 5.41) is 8.33. The van der Waals surface area contributed by atoms with E-state index in [2.05, 4.69) is 21.7 Å². The molecule has 2 nitrogen and oxygen atoms in total. The van der Waals surface area contributed by atoms with Gasteiger partial charge in [-0.05, 0) is 6.42 Å². The molecule has 0 heterocycles. The molecular weight excluding hydrogens is 339 g/mol. The van der Waals surface area contributed by atoms with Crippen molar-refractivity contribution >= 4 is 36.6 Å². The molecular formula is C13H30O2SSn. The Morgan fingerprint density at radius 2 is 1.53 bits per heavy atom. The number of hydrogen-bond donors (Lipinski definition) is 1. The fourth-order valence-electron chi connectivity index (χ4n) is 1.11. The summed E-state index contributed by atoms with van der Waals surface area (Å²) >= 11 is 0.615. The number of rotatable bonds is 8. The SMILES string of the molecule is CCCCCCCCSC(=O)CO.[CH3][SnH]([CH3])[CH3]. The van der Waals surface area contributed by atoms with Crippen LogP contribution < -0.4 is 0 Å². The van der Waals surface area contributed by atoms with Crippen LogP contribution in [0, 0.1) is 0 Å². The molecule has 0 atom stereocenters. The topological polar surface area (TPSA) is 37.3 Å². The molecule has 0 saturated carbocycles. The molecule has 0 aliphatic carbocycles. The van der Waals surface area contributed by atoms with Gasteiger partial charge in [-0.2, -0.15) is 0 Å². The third kappa shape index (κ3) is 26.4. The van der Waals surface area contributed by atoms with Gasteiger partial charge in [-0.1, -0.05) is 50.8 Å². The third-order valence-corrected chi connectivity index (χ3v) is 2.83. The molecule has 0 spiro atoms. The summed E-state index contributed by atoms with van der Waals surface area (Å²) in [7, 11) is 0. The maximum absolute atomic E-state index is 10.7. The van der Waals surface area contributed by atoms with E-state index in [4.69, 9.17) is 5.11 Å². The molecule has 0 aliphatic rings. The number of carbonyl (C=O) groups excluding carboxylic acids is 1. The minimum atomic E-state index is -0.637. The van der Waals surface area contributed by atoms with Crippen LogP contribution in [0.25, 0.3) is 0 Å². The van der Waals surface area contributed by atoms with E-state index in [9.17, 15) is 4.79 Å². The van der Waals surface area contributed by atoms with Crippen LogP contribution in [0.4, 0.5) is 0 Å². The van der Waals surface area contributed by atoms with E-state index in [0.29, 0.717) is 0 Å². The van der Waals surface area contributed by atoms with Gasteiger partial charge in [0, 0.05) is 5.75 Å². The number of aliphatic hydroxyl groups excluding tert-OH is 1. The Bertz CT molecular complexity index is 161. The summed E-state index contributed by atoms with van der Waals surface area (Å²) < 4.78 is 0. The van der Waals surface area contributed by atoms with E-state index in [1.54, 1.807) is 0 Å². The Hall–Kier alpha value is 0.779. The van der Waals surface area contributed by atoms with Crippen LogP contribution >= 0.6 is 11.8 Å². The second kappa shape index (κ2) is 16.8. The van der Waals surface area contributed by atoms with E-state index in [1.165, 1.54) is 43.9 Å². The van der Waals surface area contributed by atoms with Gasteiger partial charge in [-0.25, -0.2) is 0 Å². The zero-order chi connectivity index (χ0) is 13.5. The van der Waals surface area contributed by atoms with Crippen molar-refractivity contribution in [1.82, 2.24) is 0 Å². The van der Waals surface area contributed by atoms with Gasteiger partial charge in [0.1, 0.15) is 6.61 Å². The number of unbranched alkanes of at least 4 members (excludes halogenated alkanes) is 5. The molecule has 0 saturated heterocycles. The summed E-state index contributed by atoms with van der Waals surface area (Å²) in [6.07, 6.45) is 7.50. The molecule has 0 radical (unpaired) electrons. The van der Waals surface area contributed by atoms with Crippen LogP contribution in [0.3, 0.4) is 0 Å². The predicted octanol–water partition coefficient (Wildman–Crippen LogP) is 3.70. The standard InChI is InChI=1S/C10H20O2S.3CH3.Sn.H/c1-2-3-4-5-6-7-8-13-10(12)9-11;;;;;/h11H,2-9H2,1H3;3*1H3;;. The molecule has 0 aromatic heterocycles. The van der Waals surface area contributed by atoms with Crippen molar-refractivity contribution in [3.05, 3.63) is 0 Å². The van der Waals surface area contributed by atoms with Gasteiger partial charge < -0.3 is 5.11 Å². The summed E-state index contributed by atoms with van der Waals surface area (Å²) in [5.41, 5.74) is 0. The van der Waals surface area contributed by atoms with Crippen molar-refractivity contribution in [2.24, 2.45) is 0 Å². The van der Waals surface area contributed by atoms with Crippen LogP contribution in [0.2, 0.25) is 14.8 Å². The first-order valence-electron chi connectivity index (χ1n) is 6.81. The minimum absolute atomic E-state index is 0.103. The normalized spacial score (nSPS) is 10.0. The molecule has 0 aromatic rings. The average Bonchev–Trinajstić information content (AvgIpc) is 2.26. The van der Waals surface area contributed by atoms with Gasteiger partial charge >= 0.3 is 34.6 Å². The first kappa shape index (κ1) is 20.1. The Labute approximate surface area is 119 Å². The van der Waals surface area contributed by atoms with Crippen LogP contribution in [-0.2, 0) is 4.79 Å². The Kier molecular flexibility index (Phi) is 19.8. The van der Waals surface area contributed by atoms with Crippen LogP contribution in [-0.4, -0.2) is 42.3 Å². The molecule has 0 bridgehead atoms. The second-order valence-corrected chi connectivity index (χ2v) is 15.9. The molecule has 0 aliphatic heterocycles. The monoisotopic (exact) mass is 370 g/mol. The molecule has 0 aromatic carbocycles. The molecule has 0 fully saturated rings. The van der Waals surface area contributed by atoms with Gasteiger partial charge in [0.2, 0.25) is 5.12 Å². The summed E-state index contributed by atoms with van der Waals surface area (Å²) in [6, 6.07) is 0. The zero-order valence-electron chi connectivity index (χ0n) is 12.0. The molecule has 4 heteroatoms. The van der Waals surface area contributed by atoms with Crippen LogP contribution in [0.15, 0.2) is 0 Å². The van der Waals surface area contributed by atoms with Gasteiger partial charge in [-0.3, -0.25) is 4.79 Å². The van der Waals surface area contributed by atoms with E-state index in [-0.39, 0.29) is 11.7 Å². The fourth-order valence-corrected chi connectivity index (χ4v) is 1.78. The number of aliphatic hydroxyl groups is 1. The van der Waals surface area contributed by atoms with E-state index >= 15 is 0 Å². The number of hydrogen-bond acceptors (Lipinski definition) is 3. The number of carbonyl (C=O) groups is 1. The average molecular weight is 369 g/mol. The Balaban J connectivity index is 0. The zero-order valence-corrected chi connectivity index (χ0v) is 16.1. The van der Waals surface area contributed by atoms with Crippen molar-refractivity contribution in [3.8, 4) is 0 Å². The van der Waals surface area contributed by atoms with Crippen molar-refractivity contribution in [2.75, 3.05) is 12.4 Å². The molecule has 0 amide bonds. The molecule has 104 valence electrons. The van der Waals surface area contributed by atoms with Gasteiger partial charge in [-0.15, -0.1) is 0 Å². The summed E-state index contributed by atoms with van der Waals surface area (Å²) in [6.45, 7) is 1.89. The van der Waals surface area contributed by atoms with Crippen molar-refractivity contribution in [2.45, 2.75) is 60.3 Å². The maximum atomic E-state index is 10.7. The molecule has 1 N–H and O–H groups in total. The second-order valence-electron chi connectivity index (χ2n) is 4.88. The summed E-state index contributed by atoms with van der Waals surface area (Å²) in [4.78, 5) is 17.8. The number of thioether (sulfide) groups is 1. The first-order valence-corrected chi connectivity index (χ1v) is 17.7. The molecule has 0 unspecified atom stereocenters. The van der Waals surface area contributed by atoms with E-state index in [0.717, 1.165) is 12.2 Å². The predicted molar refractivity (Wildman–Crippen MR) is 82.7 cm³/mol. The van der Waals surface area contributed by atoms with Crippen LogP contribution in [0.5, 0.6) is 0 Å². The quantitative estimate of drug-likeness (QED) is 0.524. The first-order chi connectivity index (χ1) is 8.04. The molecule has 0 rings (SSSR count). The third-order valence-electron chi connectivity index (χ3n) is 1.89. The Morgan fingerprint density at radius 1 is 1.06 bits per heavy atom. The van der Waals surface area contributed by atoms with Crippen molar-refractivity contribution in [1.29, 1.82) is 0 Å². The van der Waals surface area contributed by atoms with E-state index < -0.39 is 19.8 Å². The van der Waals surface area contributed by atoms with Crippen LogP contribution in [0.1, 0.15) is 45.4 Å². The van der Waals surface area contributed by atoms with E-state index in [1.807, 2.05) is 0 Å². The summed E-state index contributed by atoms with van der Waals surface area (Å²) in [5.74, 6) is 0.867. The van der Waals surface area contributed by atoms with Gasteiger partial charge in [0.25, 0.3) is 0 Å². The van der Waals surface area contributed by atoms with Crippen molar-refractivity contribution < 1.29 is 9.90 Å². The van der Waals surface area contributed by atoms with Crippen molar-refractivity contribution in [3.63, 3.8) is 0 Å². The van der Waals surface area contributed by atoms with Gasteiger partial charge in [0.05, 0.1) is 0 Å². The molecule has 17 heavy (non-hydrogen) atoms.